The molecule has 2 aromatic rings. The summed E-state index contributed by atoms with van der Waals surface area (Å²) in [6.45, 7) is 0.676. The number of carbonyl (C=O) groups is 2. The highest BCUT2D eigenvalue weighted by Crippen LogP contribution is 2.32. The molecule has 134 valence electrons. The van der Waals surface area contributed by atoms with E-state index in [1.165, 1.54) is 4.90 Å². The Kier molecular flexibility index (Phi) is 4.22. The number of methoxy groups -OCH3 is 1. The highest BCUT2D eigenvalue weighted by molar-refractivity contribution is 6.22. The number of imide groups is 1. The van der Waals surface area contributed by atoms with Crippen molar-refractivity contribution in [3.63, 3.8) is 0 Å². The minimum Gasteiger partial charge on any atom is -0.497 e. The molecule has 2 amide bonds. The zero-order valence-electron chi connectivity index (χ0n) is 14.2. The van der Waals surface area contributed by atoms with Gasteiger partial charge in [-0.15, -0.1) is 0 Å². The van der Waals surface area contributed by atoms with Crippen LogP contribution in [-0.4, -0.2) is 31.8 Å². The summed E-state index contributed by atoms with van der Waals surface area (Å²) in [5, 5.41) is 3.16. The topological polar surface area (TPSA) is 77.1 Å². The lowest BCUT2D eigenvalue weighted by Gasteiger charge is -2.16. The van der Waals surface area contributed by atoms with Crippen LogP contribution < -0.4 is 24.4 Å². The fourth-order valence-electron chi connectivity index (χ4n) is 3.09. The molecule has 2 aliphatic rings. The molecule has 2 aromatic carbocycles. The largest absolute Gasteiger partial charge is 0.497 e. The molecule has 0 radical (unpaired) electrons. The first-order valence-electron chi connectivity index (χ1n) is 8.28. The standard InChI is InChI=1S/C19H18N2O5/c1-24-14-5-3-13(4-6-14)21-18(22)9-15(19(21)23)20-10-12-2-7-16-17(8-12)26-11-25-16/h2-8,15,20H,9-11H2,1H3. The molecule has 1 saturated heterocycles. The molecule has 26 heavy (non-hydrogen) atoms. The number of nitrogens with zero attached hydrogens (tertiary/aromatic N) is 1. The number of benzene rings is 2. The van der Waals surface area contributed by atoms with Gasteiger partial charge in [0.15, 0.2) is 11.5 Å². The second-order valence-electron chi connectivity index (χ2n) is 6.09. The van der Waals surface area contributed by atoms with Crippen LogP contribution in [0.15, 0.2) is 42.5 Å². The molecule has 0 aliphatic carbocycles. The SMILES string of the molecule is COc1ccc(N2C(=O)CC(NCc3ccc4c(c3)OCO4)C2=O)cc1. The maximum atomic E-state index is 12.6. The zero-order valence-corrected chi connectivity index (χ0v) is 14.2. The smallest absolute Gasteiger partial charge is 0.251 e. The predicted molar refractivity (Wildman–Crippen MR) is 93.3 cm³/mol. The van der Waals surface area contributed by atoms with Crippen LogP contribution in [0.1, 0.15) is 12.0 Å². The first-order valence-corrected chi connectivity index (χ1v) is 8.28. The van der Waals surface area contributed by atoms with E-state index >= 15 is 0 Å². The maximum absolute atomic E-state index is 12.6. The zero-order chi connectivity index (χ0) is 18.1. The Morgan fingerprint density at radius 2 is 1.88 bits per heavy atom. The van der Waals surface area contributed by atoms with E-state index in [4.69, 9.17) is 14.2 Å². The predicted octanol–water partition coefficient (Wildman–Crippen LogP) is 1.85. The van der Waals surface area contributed by atoms with Crippen molar-refractivity contribution < 1.29 is 23.8 Å². The molecule has 4 rings (SSSR count). The summed E-state index contributed by atoms with van der Waals surface area (Å²) in [6, 6.07) is 11.9. The first kappa shape index (κ1) is 16.4. The fourth-order valence-corrected chi connectivity index (χ4v) is 3.09. The van der Waals surface area contributed by atoms with E-state index in [0.29, 0.717) is 29.5 Å². The van der Waals surface area contributed by atoms with E-state index < -0.39 is 6.04 Å². The van der Waals surface area contributed by atoms with Crippen molar-refractivity contribution in [2.45, 2.75) is 19.0 Å². The molecule has 1 N–H and O–H groups in total. The highest BCUT2D eigenvalue weighted by atomic mass is 16.7. The summed E-state index contributed by atoms with van der Waals surface area (Å²) in [4.78, 5) is 26.2. The molecule has 0 aromatic heterocycles. The van der Waals surface area contributed by atoms with Gasteiger partial charge in [-0.2, -0.15) is 0 Å². The number of nitrogens with one attached hydrogen (secondary N) is 1. The summed E-state index contributed by atoms with van der Waals surface area (Å²) in [7, 11) is 1.57. The van der Waals surface area contributed by atoms with Gasteiger partial charge < -0.3 is 19.5 Å². The number of hydrogen-bond donors (Lipinski definition) is 1. The second kappa shape index (κ2) is 6.68. The van der Waals surface area contributed by atoms with Gasteiger partial charge in [-0.3, -0.25) is 9.59 Å². The molecule has 1 fully saturated rings. The third-order valence-corrected chi connectivity index (χ3v) is 4.47. The van der Waals surface area contributed by atoms with Crippen LogP contribution >= 0.6 is 0 Å². The fraction of sp³-hybridized carbons (Fsp3) is 0.263. The van der Waals surface area contributed by atoms with E-state index in [9.17, 15) is 9.59 Å². The number of carbonyl (C=O) groups excluding carboxylic acids is 2. The Morgan fingerprint density at radius 3 is 2.65 bits per heavy atom. The first-order chi connectivity index (χ1) is 12.7. The molecule has 7 nitrogen and oxygen atoms in total. The van der Waals surface area contributed by atoms with Crippen molar-refractivity contribution in [3.8, 4) is 17.2 Å². The minimum atomic E-state index is -0.546. The average molecular weight is 354 g/mol. The van der Waals surface area contributed by atoms with Crippen LogP contribution in [0.25, 0.3) is 0 Å². The Hall–Kier alpha value is -3.06. The van der Waals surface area contributed by atoms with Gasteiger partial charge in [0.25, 0.3) is 5.91 Å². The third-order valence-electron chi connectivity index (χ3n) is 4.47. The van der Waals surface area contributed by atoms with Crippen molar-refractivity contribution in [1.82, 2.24) is 5.32 Å². The lowest BCUT2D eigenvalue weighted by molar-refractivity contribution is -0.121. The number of ether oxygens (including phenoxy) is 3. The van der Waals surface area contributed by atoms with Crippen LogP contribution in [0.4, 0.5) is 5.69 Å². The normalized spacial score (nSPS) is 18.5. The third kappa shape index (κ3) is 2.97. The molecule has 0 bridgehead atoms. The van der Waals surface area contributed by atoms with Gasteiger partial charge in [0.2, 0.25) is 12.7 Å². The van der Waals surface area contributed by atoms with Crippen LogP contribution in [0, 0.1) is 0 Å². The lowest BCUT2D eigenvalue weighted by Crippen LogP contribution is -2.38. The van der Waals surface area contributed by atoms with E-state index in [-0.39, 0.29) is 25.0 Å². The molecule has 0 spiro atoms. The van der Waals surface area contributed by atoms with Gasteiger partial charge in [-0.05, 0) is 42.0 Å². The average Bonchev–Trinajstić information content (AvgIpc) is 3.23. The Morgan fingerprint density at radius 1 is 1.12 bits per heavy atom. The second-order valence-corrected chi connectivity index (χ2v) is 6.09. The van der Waals surface area contributed by atoms with Gasteiger partial charge in [0, 0.05) is 6.54 Å². The molecule has 2 aliphatic heterocycles. The van der Waals surface area contributed by atoms with Crippen molar-refractivity contribution in [2.24, 2.45) is 0 Å². The maximum Gasteiger partial charge on any atom is 0.251 e. The molecule has 0 saturated carbocycles. The van der Waals surface area contributed by atoms with E-state index in [2.05, 4.69) is 5.32 Å². The summed E-state index contributed by atoms with van der Waals surface area (Å²) in [5.74, 6) is 1.61. The van der Waals surface area contributed by atoms with E-state index in [0.717, 1.165) is 5.56 Å². The molecule has 7 heteroatoms. The number of amides is 2. The number of anilines is 1. The summed E-state index contributed by atoms with van der Waals surface area (Å²) in [6.07, 6.45) is 0.134. The van der Waals surface area contributed by atoms with Gasteiger partial charge in [0.1, 0.15) is 5.75 Å². The summed E-state index contributed by atoms with van der Waals surface area (Å²) >= 11 is 0. The number of fused-ring (bicyclic) bond motifs is 1. The Labute approximate surface area is 150 Å². The van der Waals surface area contributed by atoms with Crippen LogP contribution in [0.3, 0.4) is 0 Å². The number of rotatable bonds is 5. The lowest BCUT2D eigenvalue weighted by atomic mass is 10.1. The molecule has 2 heterocycles. The highest BCUT2D eigenvalue weighted by Gasteiger charge is 2.39. The van der Waals surface area contributed by atoms with Crippen molar-refractivity contribution >= 4 is 17.5 Å². The van der Waals surface area contributed by atoms with Crippen molar-refractivity contribution in [3.05, 3.63) is 48.0 Å². The Balaban J connectivity index is 1.43. The van der Waals surface area contributed by atoms with Gasteiger partial charge in [-0.25, -0.2) is 4.90 Å². The van der Waals surface area contributed by atoms with Crippen LogP contribution in [0.2, 0.25) is 0 Å². The molecule has 1 atom stereocenters. The Bertz CT molecular complexity index is 850. The minimum absolute atomic E-state index is 0.134. The van der Waals surface area contributed by atoms with Crippen LogP contribution in [0.5, 0.6) is 17.2 Å². The van der Waals surface area contributed by atoms with Crippen molar-refractivity contribution in [1.29, 1.82) is 0 Å². The van der Waals surface area contributed by atoms with Crippen LogP contribution in [-0.2, 0) is 16.1 Å². The van der Waals surface area contributed by atoms with E-state index in [1.54, 1.807) is 31.4 Å². The molecule has 1 unspecified atom stereocenters. The quantitative estimate of drug-likeness (QED) is 0.826. The molecular formula is C19H18N2O5. The summed E-state index contributed by atoms with van der Waals surface area (Å²) < 4.78 is 15.7. The van der Waals surface area contributed by atoms with E-state index in [1.807, 2.05) is 18.2 Å². The monoisotopic (exact) mass is 354 g/mol. The van der Waals surface area contributed by atoms with Gasteiger partial charge in [0.05, 0.1) is 25.3 Å². The number of hydrogen-bond acceptors (Lipinski definition) is 6. The van der Waals surface area contributed by atoms with Crippen molar-refractivity contribution in [2.75, 3.05) is 18.8 Å². The molecular weight excluding hydrogens is 336 g/mol. The summed E-state index contributed by atoms with van der Waals surface area (Å²) in [5.41, 5.74) is 1.51. The van der Waals surface area contributed by atoms with Gasteiger partial charge >= 0.3 is 0 Å². The van der Waals surface area contributed by atoms with Gasteiger partial charge in [-0.1, -0.05) is 6.07 Å².